The lowest BCUT2D eigenvalue weighted by Gasteiger charge is -2.18. The van der Waals surface area contributed by atoms with Gasteiger partial charge in [-0.15, -0.1) is 0 Å². The summed E-state index contributed by atoms with van der Waals surface area (Å²) in [4.78, 5) is 5.89. The number of aryl methyl sites for hydroxylation is 1. The van der Waals surface area contributed by atoms with Crippen LogP contribution in [0.4, 0.5) is 5.69 Å². The fourth-order valence-electron chi connectivity index (χ4n) is 5.30. The highest BCUT2D eigenvalue weighted by Gasteiger charge is 2.22. The topological polar surface area (TPSA) is 67.6 Å². The Labute approximate surface area is 253 Å². The van der Waals surface area contributed by atoms with Gasteiger partial charge in [0.2, 0.25) is 5.52 Å². The summed E-state index contributed by atoms with van der Waals surface area (Å²) in [5.74, 6) is -0.370. The van der Waals surface area contributed by atoms with Crippen molar-refractivity contribution in [3.63, 3.8) is 0 Å². The van der Waals surface area contributed by atoms with Crippen LogP contribution >= 0.6 is 11.8 Å². The summed E-state index contributed by atoms with van der Waals surface area (Å²) in [6.45, 7) is 7.81. The minimum absolute atomic E-state index is 0.275. The minimum atomic E-state index is -4.24. The first-order valence-electron chi connectivity index (χ1n) is 14.4. The molecule has 4 aromatic rings. The van der Waals surface area contributed by atoms with Gasteiger partial charge in [-0.2, -0.15) is 4.57 Å². The molecule has 0 spiro atoms. The molecule has 0 amide bonds. The van der Waals surface area contributed by atoms with Crippen molar-refractivity contribution in [3.05, 3.63) is 113 Å². The van der Waals surface area contributed by atoms with Gasteiger partial charge in [0.1, 0.15) is 6.54 Å². The summed E-state index contributed by atoms with van der Waals surface area (Å²) >= 11 is 1.77. The van der Waals surface area contributed by atoms with Gasteiger partial charge in [-0.1, -0.05) is 74.1 Å². The third-order valence-electron chi connectivity index (χ3n) is 7.70. The van der Waals surface area contributed by atoms with E-state index >= 15 is 0 Å². The van der Waals surface area contributed by atoms with Gasteiger partial charge in [0, 0.05) is 42.8 Å². The molecule has 0 N–H and O–H groups in total. The van der Waals surface area contributed by atoms with Gasteiger partial charge in [0.25, 0.3) is 0 Å². The lowest BCUT2D eigenvalue weighted by atomic mass is 9.99. The second kappa shape index (κ2) is 13.3. The molecule has 0 radical (unpaired) electrons. The van der Waals surface area contributed by atoms with E-state index in [0.717, 1.165) is 52.3 Å². The van der Waals surface area contributed by atoms with E-state index in [9.17, 15) is 13.0 Å². The van der Waals surface area contributed by atoms with Gasteiger partial charge in [0.15, 0.2) is 6.20 Å². The fourth-order valence-corrected chi connectivity index (χ4v) is 6.89. The second-order valence-electron chi connectivity index (χ2n) is 10.5. The molecule has 0 fully saturated rings. The van der Waals surface area contributed by atoms with E-state index in [2.05, 4.69) is 104 Å². The van der Waals surface area contributed by atoms with Crippen LogP contribution in [0.25, 0.3) is 22.6 Å². The number of hydrogen-bond acceptors (Lipinski definition) is 6. The third-order valence-corrected chi connectivity index (χ3v) is 9.66. The molecule has 0 aliphatic carbocycles. The van der Waals surface area contributed by atoms with E-state index in [1.165, 1.54) is 16.1 Å². The zero-order valence-electron chi connectivity index (χ0n) is 24.4. The number of hydrogen-bond donors (Lipinski definition) is 0. The first kappa shape index (κ1) is 30.0. The maximum absolute atomic E-state index is 11.2. The molecule has 8 heteroatoms. The predicted octanol–water partition coefficient (Wildman–Crippen LogP) is 6.53. The van der Waals surface area contributed by atoms with Gasteiger partial charge >= 0.3 is 0 Å². The third kappa shape index (κ3) is 7.13. The number of rotatable bonds is 11. The highest BCUT2D eigenvalue weighted by molar-refractivity contribution is 8.03. The normalized spacial score (nSPS) is 14.7. The molecule has 5 rings (SSSR count). The Balaban J connectivity index is 1.55. The van der Waals surface area contributed by atoms with Gasteiger partial charge in [0.05, 0.1) is 26.2 Å². The van der Waals surface area contributed by atoms with Crippen LogP contribution in [-0.4, -0.2) is 43.8 Å². The van der Waals surface area contributed by atoms with Gasteiger partial charge in [-0.3, -0.25) is 4.90 Å². The van der Waals surface area contributed by atoms with Crippen LogP contribution in [0.15, 0.2) is 101 Å². The average molecular weight is 600 g/mol. The van der Waals surface area contributed by atoms with Crippen LogP contribution in [0.5, 0.6) is 0 Å². The van der Waals surface area contributed by atoms with Crippen molar-refractivity contribution >= 4 is 50.1 Å². The molecule has 42 heavy (non-hydrogen) atoms. The Bertz CT molecular complexity index is 1730. The quantitative estimate of drug-likeness (QED) is 0.144. The number of anilines is 1. The van der Waals surface area contributed by atoms with Crippen molar-refractivity contribution in [2.24, 2.45) is 0 Å². The Hall–Kier alpha value is -3.43. The number of fused-ring (bicyclic) bond motifs is 2. The zero-order valence-corrected chi connectivity index (χ0v) is 26.0. The molecule has 0 bridgehead atoms. The summed E-state index contributed by atoms with van der Waals surface area (Å²) < 4.78 is 35.5. The smallest absolute Gasteiger partial charge is 0.213 e. The molecule has 1 aliphatic rings. The first-order valence-corrected chi connectivity index (χ1v) is 16.8. The lowest BCUT2D eigenvalue weighted by Crippen LogP contribution is -2.35. The van der Waals surface area contributed by atoms with E-state index in [1.54, 1.807) is 11.8 Å². The van der Waals surface area contributed by atoms with E-state index in [4.69, 9.17) is 0 Å². The monoisotopic (exact) mass is 599 g/mol. The maximum atomic E-state index is 11.2. The van der Waals surface area contributed by atoms with Crippen LogP contribution < -0.4 is 9.47 Å². The molecule has 0 unspecified atom stereocenters. The minimum Gasteiger partial charge on any atom is -0.748 e. The Morgan fingerprint density at radius 3 is 2.40 bits per heavy atom. The number of benzene rings is 3. The van der Waals surface area contributed by atoms with Crippen LogP contribution in [0.1, 0.15) is 37.0 Å². The molecule has 218 valence electrons. The average Bonchev–Trinajstić information content (AvgIpc) is 3.31. The van der Waals surface area contributed by atoms with Gasteiger partial charge in [-0.25, -0.2) is 8.42 Å². The van der Waals surface area contributed by atoms with Crippen molar-refractivity contribution < 1.29 is 17.5 Å². The SMILES string of the molecule is CCN(CC)Cc1ccc(C(=Cc2cc[n+](CCCS(=O)(=O)[O-])c3ccccc23)C=C2Sc3ccccc3N2C)cc1. The lowest BCUT2D eigenvalue weighted by molar-refractivity contribution is -0.671. The highest BCUT2D eigenvalue weighted by Crippen LogP contribution is 2.45. The number of para-hydroxylation sites is 2. The number of aromatic nitrogens is 1. The van der Waals surface area contributed by atoms with Crippen molar-refractivity contribution in [1.82, 2.24) is 4.90 Å². The number of thioether (sulfide) groups is 1. The molecule has 2 heterocycles. The van der Waals surface area contributed by atoms with Crippen molar-refractivity contribution in [2.75, 3.05) is 30.8 Å². The second-order valence-corrected chi connectivity index (χ2v) is 13.1. The number of pyridine rings is 1. The molecular weight excluding hydrogens is 563 g/mol. The van der Waals surface area contributed by atoms with Crippen molar-refractivity contribution in [2.45, 2.75) is 38.3 Å². The van der Waals surface area contributed by atoms with E-state index in [-0.39, 0.29) is 12.2 Å². The zero-order chi connectivity index (χ0) is 29.7. The van der Waals surface area contributed by atoms with E-state index in [0.29, 0.717) is 6.54 Å². The molecular formula is C34H37N3O3S2. The van der Waals surface area contributed by atoms with Gasteiger partial charge in [-0.05, 0) is 65.7 Å². The van der Waals surface area contributed by atoms with E-state index in [1.807, 2.05) is 29.0 Å². The summed E-state index contributed by atoms with van der Waals surface area (Å²) in [5.41, 5.74) is 6.80. The van der Waals surface area contributed by atoms with Gasteiger partial charge < -0.3 is 9.45 Å². The van der Waals surface area contributed by atoms with Crippen molar-refractivity contribution in [1.29, 1.82) is 0 Å². The van der Waals surface area contributed by atoms with Crippen LogP contribution in [-0.2, 0) is 23.2 Å². The summed E-state index contributed by atoms with van der Waals surface area (Å²) in [6.07, 6.45) is 6.75. The van der Waals surface area contributed by atoms with Crippen molar-refractivity contribution in [3.8, 4) is 0 Å². The number of allylic oxidation sites excluding steroid dienone is 2. The van der Waals surface area contributed by atoms with Crippen LogP contribution in [0.3, 0.4) is 0 Å². The first-order chi connectivity index (χ1) is 20.3. The molecule has 0 saturated heterocycles. The standard InChI is InChI=1S/C34H37N3O3S2/c1-4-36(5-2)25-26-15-17-27(18-16-26)29(24-34-35(3)32-13-8-9-14-33(32)41-34)23-28-19-21-37(20-10-22-42(38,39)40)31-12-7-6-11-30(28)31/h6-9,11-19,21,23-24H,4-5,10,20,22,25H2,1-3H3. The molecule has 1 aliphatic heterocycles. The Morgan fingerprint density at radius 2 is 1.69 bits per heavy atom. The van der Waals surface area contributed by atoms with Crippen LogP contribution in [0, 0.1) is 0 Å². The molecule has 6 nitrogen and oxygen atoms in total. The summed E-state index contributed by atoms with van der Waals surface area (Å²) in [5, 5.41) is 2.22. The fraction of sp³-hybridized carbons (Fsp3) is 0.265. The summed E-state index contributed by atoms with van der Waals surface area (Å²) in [6, 6.07) is 27.5. The molecule has 3 aromatic carbocycles. The van der Waals surface area contributed by atoms with Crippen LogP contribution in [0.2, 0.25) is 0 Å². The molecule has 0 atom stereocenters. The number of nitrogens with zero attached hydrogens (tertiary/aromatic N) is 3. The largest absolute Gasteiger partial charge is 0.748 e. The highest BCUT2D eigenvalue weighted by atomic mass is 32.2. The maximum Gasteiger partial charge on any atom is 0.213 e. The molecule has 1 aromatic heterocycles. The molecule has 0 saturated carbocycles. The summed E-state index contributed by atoms with van der Waals surface area (Å²) in [7, 11) is -2.13. The predicted molar refractivity (Wildman–Crippen MR) is 173 cm³/mol. The van der Waals surface area contributed by atoms with E-state index < -0.39 is 10.1 Å². The Morgan fingerprint density at radius 1 is 0.976 bits per heavy atom. The Kier molecular flexibility index (Phi) is 9.48.